The van der Waals surface area contributed by atoms with E-state index < -0.39 is 0 Å². The van der Waals surface area contributed by atoms with Crippen LogP contribution in [0.1, 0.15) is 17.0 Å². The van der Waals surface area contributed by atoms with Gasteiger partial charge in [0, 0.05) is 29.2 Å². The fourth-order valence-electron chi connectivity index (χ4n) is 2.93. The Morgan fingerprint density at radius 3 is 2.58 bits per heavy atom. The van der Waals surface area contributed by atoms with E-state index in [2.05, 4.69) is 41.8 Å². The van der Waals surface area contributed by atoms with E-state index in [1.54, 1.807) is 6.20 Å². The first-order chi connectivity index (χ1) is 11.7. The zero-order chi connectivity index (χ0) is 16.5. The van der Waals surface area contributed by atoms with Crippen molar-refractivity contribution in [2.24, 2.45) is 0 Å². The monoisotopic (exact) mass is 318 g/mol. The molecule has 3 aromatic heterocycles. The van der Waals surface area contributed by atoms with Crippen LogP contribution in [0.4, 0.5) is 0 Å². The minimum Gasteiger partial charge on any atom is -0.343 e. The van der Waals surface area contributed by atoms with Crippen LogP contribution in [0.2, 0.25) is 0 Å². The van der Waals surface area contributed by atoms with Gasteiger partial charge in [0.05, 0.1) is 24.3 Å². The van der Waals surface area contributed by atoms with Crippen LogP contribution < -0.4 is 0 Å². The molecular formula is C18H18N6. The van der Waals surface area contributed by atoms with Crippen molar-refractivity contribution in [2.75, 3.05) is 0 Å². The number of aromatic amines is 2. The quantitative estimate of drug-likeness (QED) is 0.606. The van der Waals surface area contributed by atoms with Gasteiger partial charge in [0.15, 0.2) is 5.82 Å². The van der Waals surface area contributed by atoms with Gasteiger partial charge in [0.2, 0.25) is 0 Å². The molecule has 120 valence electrons. The highest BCUT2D eigenvalue weighted by atomic mass is 15.1. The summed E-state index contributed by atoms with van der Waals surface area (Å²) in [5.41, 5.74) is 6.24. The Morgan fingerprint density at radius 2 is 1.92 bits per heavy atom. The minimum atomic E-state index is 0.698. The fraction of sp³-hybridized carbons (Fsp3) is 0.167. The van der Waals surface area contributed by atoms with E-state index in [-0.39, 0.29) is 0 Å². The lowest BCUT2D eigenvalue weighted by atomic mass is 10.1. The van der Waals surface area contributed by atoms with E-state index in [1.165, 1.54) is 5.56 Å². The number of aryl methyl sites for hydroxylation is 2. The molecule has 0 spiro atoms. The molecule has 6 nitrogen and oxygen atoms in total. The van der Waals surface area contributed by atoms with Crippen molar-refractivity contribution in [3.05, 3.63) is 66.0 Å². The van der Waals surface area contributed by atoms with Crippen LogP contribution in [0.15, 0.2) is 49.1 Å². The van der Waals surface area contributed by atoms with Crippen molar-refractivity contribution >= 4 is 0 Å². The lowest BCUT2D eigenvalue weighted by molar-refractivity contribution is 0.790. The highest BCUT2D eigenvalue weighted by molar-refractivity contribution is 5.75. The lowest BCUT2D eigenvalue weighted by Crippen LogP contribution is -2.03. The van der Waals surface area contributed by atoms with Crippen molar-refractivity contribution in [3.8, 4) is 22.8 Å². The summed E-state index contributed by atoms with van der Waals surface area (Å²) in [5, 5.41) is 7.33. The Kier molecular flexibility index (Phi) is 3.49. The Labute approximate surface area is 139 Å². The molecule has 24 heavy (non-hydrogen) atoms. The topological polar surface area (TPSA) is 75.2 Å². The van der Waals surface area contributed by atoms with Crippen LogP contribution in [0.5, 0.6) is 0 Å². The van der Waals surface area contributed by atoms with Gasteiger partial charge in [-0.25, -0.2) is 9.97 Å². The lowest BCUT2D eigenvalue weighted by Gasteiger charge is -2.09. The largest absolute Gasteiger partial charge is 0.343 e. The Morgan fingerprint density at radius 1 is 1.08 bits per heavy atom. The van der Waals surface area contributed by atoms with Crippen molar-refractivity contribution in [1.82, 2.24) is 29.7 Å². The second-order valence-corrected chi connectivity index (χ2v) is 5.79. The Hall–Kier alpha value is -3.15. The summed E-state index contributed by atoms with van der Waals surface area (Å²) in [6.07, 6.45) is 5.46. The molecule has 0 amide bonds. The standard InChI is InChI=1S/C18H18N6/c1-12-15(13(2)23-22-12)10-24-11-21-16(14-6-4-3-5-7-14)17(24)18-19-8-9-20-18/h3-9,11H,10H2,1-2H3,(H,19,20)(H,22,23). The third kappa shape index (κ3) is 2.42. The van der Waals surface area contributed by atoms with E-state index in [4.69, 9.17) is 0 Å². The van der Waals surface area contributed by atoms with Crippen molar-refractivity contribution < 1.29 is 0 Å². The van der Waals surface area contributed by atoms with Gasteiger partial charge in [-0.05, 0) is 13.8 Å². The number of imidazole rings is 2. The van der Waals surface area contributed by atoms with Gasteiger partial charge in [0.25, 0.3) is 0 Å². The Balaban J connectivity index is 1.85. The van der Waals surface area contributed by atoms with Crippen LogP contribution in [-0.4, -0.2) is 29.7 Å². The predicted octanol–water partition coefficient (Wildman–Crippen LogP) is 3.33. The van der Waals surface area contributed by atoms with Gasteiger partial charge in [-0.1, -0.05) is 30.3 Å². The third-order valence-electron chi connectivity index (χ3n) is 4.22. The van der Waals surface area contributed by atoms with Crippen molar-refractivity contribution in [2.45, 2.75) is 20.4 Å². The van der Waals surface area contributed by atoms with E-state index in [0.29, 0.717) is 6.54 Å². The predicted molar refractivity (Wildman–Crippen MR) is 92.4 cm³/mol. The van der Waals surface area contributed by atoms with Crippen LogP contribution in [0, 0.1) is 13.8 Å². The zero-order valence-corrected chi connectivity index (χ0v) is 13.6. The normalized spacial score (nSPS) is 11.1. The number of rotatable bonds is 4. The number of hydrogen-bond acceptors (Lipinski definition) is 3. The van der Waals surface area contributed by atoms with Crippen LogP contribution in [-0.2, 0) is 6.54 Å². The average Bonchev–Trinajstić information content (AvgIpc) is 3.32. The molecule has 0 fully saturated rings. The first-order valence-electron chi connectivity index (χ1n) is 7.85. The van der Waals surface area contributed by atoms with E-state index in [1.807, 2.05) is 44.6 Å². The number of aromatic nitrogens is 6. The van der Waals surface area contributed by atoms with Crippen molar-refractivity contribution in [3.63, 3.8) is 0 Å². The summed E-state index contributed by atoms with van der Waals surface area (Å²) in [7, 11) is 0. The highest BCUT2D eigenvalue weighted by Gasteiger charge is 2.18. The number of hydrogen-bond donors (Lipinski definition) is 2. The maximum Gasteiger partial charge on any atom is 0.156 e. The molecule has 4 aromatic rings. The number of H-pyrrole nitrogens is 2. The molecule has 0 saturated heterocycles. The number of nitrogens with one attached hydrogen (secondary N) is 2. The van der Waals surface area contributed by atoms with Gasteiger partial charge in [0.1, 0.15) is 5.69 Å². The second-order valence-electron chi connectivity index (χ2n) is 5.79. The van der Waals surface area contributed by atoms with Crippen LogP contribution in [0.25, 0.3) is 22.8 Å². The summed E-state index contributed by atoms with van der Waals surface area (Å²) < 4.78 is 2.12. The molecular weight excluding hydrogens is 300 g/mol. The molecule has 0 radical (unpaired) electrons. The maximum absolute atomic E-state index is 4.65. The second kappa shape index (κ2) is 5.81. The zero-order valence-electron chi connectivity index (χ0n) is 13.6. The molecule has 0 unspecified atom stereocenters. The third-order valence-corrected chi connectivity index (χ3v) is 4.22. The molecule has 1 aromatic carbocycles. The van der Waals surface area contributed by atoms with Gasteiger partial charge in [-0.3, -0.25) is 5.10 Å². The molecule has 0 atom stereocenters. The molecule has 0 aliphatic rings. The van der Waals surface area contributed by atoms with Gasteiger partial charge < -0.3 is 9.55 Å². The van der Waals surface area contributed by atoms with Gasteiger partial charge in [-0.15, -0.1) is 0 Å². The minimum absolute atomic E-state index is 0.698. The molecule has 0 saturated carbocycles. The maximum atomic E-state index is 4.65. The number of nitrogens with zero attached hydrogens (tertiary/aromatic N) is 4. The fourth-order valence-corrected chi connectivity index (χ4v) is 2.93. The summed E-state index contributed by atoms with van der Waals surface area (Å²) >= 11 is 0. The molecule has 0 aliphatic carbocycles. The first-order valence-corrected chi connectivity index (χ1v) is 7.85. The average molecular weight is 318 g/mol. The summed E-state index contributed by atoms with van der Waals surface area (Å²) in [6.45, 7) is 4.75. The first kappa shape index (κ1) is 14.4. The molecule has 3 heterocycles. The summed E-state index contributed by atoms with van der Waals surface area (Å²) in [6, 6.07) is 10.2. The van der Waals surface area contributed by atoms with E-state index in [9.17, 15) is 0 Å². The van der Waals surface area contributed by atoms with E-state index >= 15 is 0 Å². The van der Waals surface area contributed by atoms with Gasteiger partial charge in [-0.2, -0.15) is 5.10 Å². The summed E-state index contributed by atoms with van der Waals surface area (Å²) in [4.78, 5) is 12.3. The SMILES string of the molecule is Cc1n[nH]c(C)c1Cn1cnc(-c2ccccc2)c1-c1ncc[nH]1. The summed E-state index contributed by atoms with van der Waals surface area (Å²) in [5.74, 6) is 0.810. The van der Waals surface area contributed by atoms with Gasteiger partial charge >= 0.3 is 0 Å². The van der Waals surface area contributed by atoms with Crippen LogP contribution in [0.3, 0.4) is 0 Å². The van der Waals surface area contributed by atoms with E-state index in [0.717, 1.165) is 34.2 Å². The molecule has 4 rings (SSSR count). The highest BCUT2D eigenvalue weighted by Crippen LogP contribution is 2.30. The molecule has 0 bridgehead atoms. The Bertz CT molecular complexity index is 927. The number of benzene rings is 1. The smallest absolute Gasteiger partial charge is 0.156 e. The molecule has 2 N–H and O–H groups in total. The van der Waals surface area contributed by atoms with Crippen molar-refractivity contribution in [1.29, 1.82) is 0 Å². The van der Waals surface area contributed by atoms with Crippen LogP contribution >= 0.6 is 0 Å². The molecule has 0 aliphatic heterocycles. The molecule has 6 heteroatoms.